The van der Waals surface area contributed by atoms with Crippen LogP contribution in [-0.4, -0.2) is 13.1 Å². The Balaban J connectivity index is 3.18. The molecule has 0 fully saturated rings. The van der Waals surface area contributed by atoms with Gasteiger partial charge in [-0.1, -0.05) is 32.3 Å². The number of unbranched alkanes of at least 4 members (excludes halogenated alkanes) is 4. The highest BCUT2D eigenvalue weighted by Crippen LogP contribution is 2.02. The van der Waals surface area contributed by atoms with Gasteiger partial charge in [-0.25, -0.2) is 4.79 Å². The van der Waals surface area contributed by atoms with E-state index < -0.39 is 0 Å². The summed E-state index contributed by atoms with van der Waals surface area (Å²) in [5, 5.41) is 0. The molecule has 0 N–H and O–H groups in total. The van der Waals surface area contributed by atoms with Gasteiger partial charge in [0.25, 0.3) is 0 Å². The van der Waals surface area contributed by atoms with Crippen molar-refractivity contribution in [1.82, 2.24) is 0 Å². The first-order valence-electron chi connectivity index (χ1n) is 4.55. The van der Waals surface area contributed by atoms with Crippen molar-refractivity contribution in [3.05, 3.63) is 12.2 Å². The number of rotatable bonds is 6. The average Bonchev–Trinajstić information content (AvgIpc) is 2.10. The molecule has 0 radical (unpaired) electrons. The number of allylic oxidation sites excluding steroid dienone is 1. The third kappa shape index (κ3) is 7.32. The van der Waals surface area contributed by atoms with E-state index in [-0.39, 0.29) is 5.97 Å². The number of ether oxygens (including phenoxy) is 1. The van der Waals surface area contributed by atoms with E-state index in [1.807, 2.05) is 6.08 Å². The quantitative estimate of drug-likeness (QED) is 0.266. The fourth-order valence-electron chi connectivity index (χ4n) is 0.937. The third-order valence-electron chi connectivity index (χ3n) is 1.68. The first-order chi connectivity index (χ1) is 5.81. The van der Waals surface area contributed by atoms with Crippen molar-refractivity contribution < 1.29 is 9.53 Å². The van der Waals surface area contributed by atoms with E-state index in [9.17, 15) is 4.79 Å². The number of hydrogen-bond donors (Lipinski definition) is 0. The van der Waals surface area contributed by atoms with Crippen LogP contribution in [0.4, 0.5) is 0 Å². The average molecular weight is 171 g/mol. The van der Waals surface area contributed by atoms with E-state index in [1.165, 1.54) is 38.9 Å². The van der Waals surface area contributed by atoms with E-state index >= 15 is 0 Å². The van der Waals surface area contributed by atoms with Crippen molar-refractivity contribution in [3.63, 3.8) is 0 Å². The standard InChI is InChI=1S/C10H18O2/c1-3-4-5-6-7-8-9-10(11)12-2/h8-9H,3-7H2,1-2H3/b9-8-/i10+1. The Kier molecular flexibility index (Phi) is 7.76. The van der Waals surface area contributed by atoms with E-state index in [0.29, 0.717) is 0 Å². The molecule has 2 heteroatoms. The summed E-state index contributed by atoms with van der Waals surface area (Å²) in [5.74, 6) is -0.259. The van der Waals surface area contributed by atoms with Crippen LogP contribution in [0, 0.1) is 0 Å². The van der Waals surface area contributed by atoms with Crippen LogP contribution >= 0.6 is 0 Å². The Labute approximate surface area is 74.6 Å². The van der Waals surface area contributed by atoms with Crippen LogP contribution in [-0.2, 0) is 9.53 Å². The highest BCUT2D eigenvalue weighted by atomic mass is 16.6. The molecule has 0 aliphatic carbocycles. The maximum Gasteiger partial charge on any atom is 0.330 e. The molecule has 0 amide bonds. The lowest BCUT2D eigenvalue weighted by atomic mass is 10.1. The lowest BCUT2D eigenvalue weighted by Crippen LogP contribution is -1.93. The Morgan fingerprint density at radius 3 is 2.67 bits per heavy atom. The summed E-state index contributed by atoms with van der Waals surface area (Å²) in [6.45, 7) is 2.18. The Morgan fingerprint density at radius 2 is 2.08 bits per heavy atom. The highest BCUT2D eigenvalue weighted by molar-refractivity contribution is 5.81. The van der Waals surface area contributed by atoms with E-state index in [2.05, 4.69) is 11.7 Å². The second-order valence-electron chi connectivity index (χ2n) is 2.77. The predicted octanol–water partition coefficient (Wildman–Crippen LogP) is 2.69. The van der Waals surface area contributed by atoms with Crippen LogP contribution in [0.5, 0.6) is 0 Å². The molecule has 0 saturated heterocycles. The van der Waals surface area contributed by atoms with Crippen LogP contribution in [0.2, 0.25) is 0 Å². The first kappa shape index (κ1) is 11.2. The molecule has 2 nitrogen and oxygen atoms in total. The summed E-state index contributed by atoms with van der Waals surface area (Å²) in [6.07, 6.45) is 9.30. The molecule has 0 spiro atoms. The van der Waals surface area contributed by atoms with E-state index in [1.54, 1.807) is 0 Å². The van der Waals surface area contributed by atoms with Crippen molar-refractivity contribution >= 4 is 5.97 Å². The van der Waals surface area contributed by atoms with Crippen molar-refractivity contribution in [1.29, 1.82) is 0 Å². The number of hydrogen-bond acceptors (Lipinski definition) is 2. The fraction of sp³-hybridized carbons (Fsp3) is 0.700. The van der Waals surface area contributed by atoms with Gasteiger partial charge < -0.3 is 4.74 Å². The molecule has 0 bridgehead atoms. The molecule has 0 saturated carbocycles. The first-order valence-corrected chi connectivity index (χ1v) is 4.55. The van der Waals surface area contributed by atoms with Crippen LogP contribution < -0.4 is 0 Å². The van der Waals surface area contributed by atoms with Crippen LogP contribution in [0.1, 0.15) is 39.0 Å². The predicted molar refractivity (Wildman–Crippen MR) is 49.9 cm³/mol. The second-order valence-corrected chi connectivity index (χ2v) is 2.77. The zero-order valence-electron chi connectivity index (χ0n) is 8.01. The van der Waals surface area contributed by atoms with Gasteiger partial charge in [-0.3, -0.25) is 0 Å². The highest BCUT2D eigenvalue weighted by Gasteiger charge is 1.89. The summed E-state index contributed by atoms with van der Waals surface area (Å²) in [5.41, 5.74) is 0. The molecule has 0 aliphatic rings. The van der Waals surface area contributed by atoms with Gasteiger partial charge in [0, 0.05) is 6.08 Å². The van der Waals surface area contributed by atoms with Crippen LogP contribution in [0.3, 0.4) is 0 Å². The minimum Gasteiger partial charge on any atom is -0.466 e. The lowest BCUT2D eigenvalue weighted by molar-refractivity contribution is -0.134. The molecular weight excluding hydrogens is 153 g/mol. The van der Waals surface area contributed by atoms with Gasteiger partial charge >= 0.3 is 5.97 Å². The summed E-state index contributed by atoms with van der Waals surface area (Å²) in [4.78, 5) is 10.6. The van der Waals surface area contributed by atoms with E-state index in [4.69, 9.17) is 0 Å². The van der Waals surface area contributed by atoms with Gasteiger partial charge in [0.15, 0.2) is 0 Å². The largest absolute Gasteiger partial charge is 0.466 e. The maximum atomic E-state index is 10.6. The molecule has 0 aromatic rings. The third-order valence-corrected chi connectivity index (χ3v) is 1.68. The molecule has 0 atom stereocenters. The minimum absolute atomic E-state index is 0.259. The van der Waals surface area contributed by atoms with Gasteiger partial charge in [0.2, 0.25) is 0 Å². The van der Waals surface area contributed by atoms with Crippen molar-refractivity contribution in [2.24, 2.45) is 0 Å². The van der Waals surface area contributed by atoms with Gasteiger partial charge in [0.1, 0.15) is 0 Å². The molecule has 12 heavy (non-hydrogen) atoms. The molecule has 0 rings (SSSR count). The minimum atomic E-state index is -0.259. The normalized spacial score (nSPS) is 10.5. The lowest BCUT2D eigenvalue weighted by Gasteiger charge is -1.93. The zero-order chi connectivity index (χ0) is 9.23. The summed E-state index contributed by atoms with van der Waals surface area (Å²) >= 11 is 0. The number of carbonyl (C=O) groups excluding carboxylic acids is 1. The number of methoxy groups -OCH3 is 1. The van der Waals surface area contributed by atoms with Gasteiger partial charge in [-0.05, 0) is 12.8 Å². The smallest absolute Gasteiger partial charge is 0.330 e. The van der Waals surface area contributed by atoms with Crippen LogP contribution in [0.15, 0.2) is 12.2 Å². The van der Waals surface area contributed by atoms with Crippen molar-refractivity contribution in [2.75, 3.05) is 7.11 Å². The second kappa shape index (κ2) is 8.31. The molecule has 0 aliphatic heterocycles. The molecule has 0 aromatic carbocycles. The Bertz CT molecular complexity index is 139. The summed E-state index contributed by atoms with van der Waals surface area (Å²) in [6, 6.07) is 0. The molecule has 0 aromatic heterocycles. The summed E-state index contributed by atoms with van der Waals surface area (Å²) < 4.78 is 4.45. The van der Waals surface area contributed by atoms with Gasteiger partial charge in [-0.15, -0.1) is 0 Å². The number of esters is 1. The zero-order valence-corrected chi connectivity index (χ0v) is 8.01. The Morgan fingerprint density at radius 1 is 1.33 bits per heavy atom. The monoisotopic (exact) mass is 171 g/mol. The number of carbonyl (C=O) groups is 1. The maximum absolute atomic E-state index is 10.6. The molecule has 0 heterocycles. The molecule has 0 unspecified atom stereocenters. The van der Waals surface area contributed by atoms with Crippen molar-refractivity contribution in [2.45, 2.75) is 39.0 Å². The SMILES string of the molecule is CCCCCC/C=C\[13C](=O)OC. The molecular formula is C10H18O2. The van der Waals surface area contributed by atoms with Crippen LogP contribution in [0.25, 0.3) is 0 Å². The van der Waals surface area contributed by atoms with E-state index in [0.717, 1.165) is 6.42 Å². The topological polar surface area (TPSA) is 26.3 Å². The van der Waals surface area contributed by atoms with Gasteiger partial charge in [-0.2, -0.15) is 0 Å². The van der Waals surface area contributed by atoms with Crippen molar-refractivity contribution in [3.8, 4) is 0 Å². The molecule has 70 valence electrons. The Hall–Kier alpha value is -0.790. The fourth-order valence-corrected chi connectivity index (χ4v) is 0.937. The van der Waals surface area contributed by atoms with Gasteiger partial charge in [0.05, 0.1) is 7.11 Å². The summed E-state index contributed by atoms with van der Waals surface area (Å²) in [7, 11) is 1.39.